The summed E-state index contributed by atoms with van der Waals surface area (Å²) in [4.78, 5) is 2.50. The normalized spacial score (nSPS) is 39.2. The maximum atomic E-state index is 10.7. The Bertz CT molecular complexity index is 736. The highest BCUT2D eigenvalue weighted by Gasteiger charge is 2.65. The minimum atomic E-state index is -0.482. The van der Waals surface area contributed by atoms with Gasteiger partial charge in [0.2, 0.25) is 0 Å². The molecule has 2 N–H and O–H groups in total. The Balaban J connectivity index is 1.76. The Morgan fingerprint density at radius 1 is 1.46 bits per heavy atom. The molecule has 2 fully saturated rings. The predicted octanol–water partition coefficient (Wildman–Crippen LogP) is 2.63. The summed E-state index contributed by atoms with van der Waals surface area (Å²) < 4.78 is 6.17. The van der Waals surface area contributed by atoms with Crippen LogP contribution in [0.1, 0.15) is 30.4 Å². The lowest BCUT2D eigenvalue weighted by Crippen LogP contribution is -2.66. The summed E-state index contributed by atoms with van der Waals surface area (Å²) in [6, 6.07) is 2.00. The molecule has 1 saturated heterocycles. The second-order valence-electron chi connectivity index (χ2n) is 7.70. The van der Waals surface area contributed by atoms with Crippen molar-refractivity contribution in [1.29, 1.82) is 0 Å². The first kappa shape index (κ1) is 15.1. The van der Waals surface area contributed by atoms with Crippen molar-refractivity contribution < 1.29 is 14.9 Å². The van der Waals surface area contributed by atoms with Gasteiger partial charge in [0.1, 0.15) is 6.10 Å². The van der Waals surface area contributed by atoms with Crippen LogP contribution < -0.4 is 4.74 Å². The molecule has 4 nitrogen and oxygen atoms in total. The van der Waals surface area contributed by atoms with Gasteiger partial charge in [0.05, 0.1) is 6.10 Å². The van der Waals surface area contributed by atoms with E-state index in [0.29, 0.717) is 22.7 Å². The van der Waals surface area contributed by atoms with Gasteiger partial charge in [-0.2, -0.15) is 0 Å². The maximum absolute atomic E-state index is 10.7. The molecule has 0 radical (unpaired) electrons. The topological polar surface area (TPSA) is 52.9 Å². The second-order valence-corrected chi connectivity index (χ2v) is 8.10. The first-order valence-corrected chi connectivity index (χ1v) is 9.20. The molecule has 0 amide bonds. The van der Waals surface area contributed by atoms with Gasteiger partial charge in [0.25, 0.3) is 0 Å². The zero-order valence-electron chi connectivity index (χ0n) is 13.5. The van der Waals surface area contributed by atoms with Crippen LogP contribution in [0.2, 0.25) is 5.02 Å². The van der Waals surface area contributed by atoms with Crippen LogP contribution in [0.15, 0.2) is 18.7 Å². The molecule has 1 saturated carbocycles. The summed E-state index contributed by atoms with van der Waals surface area (Å²) in [5, 5.41) is 21.7. The Kier molecular flexibility index (Phi) is 3.08. The van der Waals surface area contributed by atoms with Gasteiger partial charge in [-0.05, 0) is 43.7 Å². The molecule has 1 spiro atoms. The molecule has 5 atom stereocenters. The van der Waals surface area contributed by atoms with Gasteiger partial charge in [0, 0.05) is 34.7 Å². The number of rotatable bonds is 2. The largest absolute Gasteiger partial charge is 0.504 e. The predicted molar refractivity (Wildman–Crippen MR) is 91.8 cm³/mol. The average molecular weight is 348 g/mol. The molecule has 2 heterocycles. The Labute approximate surface area is 146 Å². The van der Waals surface area contributed by atoms with Crippen molar-refractivity contribution in [3.05, 3.63) is 34.9 Å². The summed E-state index contributed by atoms with van der Waals surface area (Å²) >= 11 is 6.52. The lowest BCUT2D eigenvalue weighted by molar-refractivity contribution is -0.102. The molecule has 2 unspecified atom stereocenters. The van der Waals surface area contributed by atoms with Crippen LogP contribution >= 0.6 is 11.6 Å². The number of nitrogens with zero attached hydrogens (tertiary/aromatic N) is 1. The molecule has 2 aliphatic heterocycles. The number of likely N-dealkylation sites (tertiary alicyclic amines) is 1. The third kappa shape index (κ3) is 1.62. The second kappa shape index (κ2) is 4.90. The molecule has 2 aliphatic carbocycles. The van der Waals surface area contributed by atoms with Crippen LogP contribution in [-0.2, 0) is 11.8 Å². The fourth-order valence-electron chi connectivity index (χ4n) is 6.03. The number of phenolic OH excluding ortho intramolecular Hbond substituents is 1. The molecular formula is C19H22ClNO3. The van der Waals surface area contributed by atoms with Crippen molar-refractivity contribution in [3.8, 4) is 11.5 Å². The molecule has 0 aromatic heterocycles. The van der Waals surface area contributed by atoms with E-state index in [1.54, 1.807) is 6.07 Å². The zero-order chi connectivity index (χ0) is 16.6. The quantitative estimate of drug-likeness (QED) is 0.808. The Hall–Kier alpha value is -1.23. The van der Waals surface area contributed by atoms with E-state index < -0.39 is 6.10 Å². The molecule has 128 valence electrons. The van der Waals surface area contributed by atoms with Gasteiger partial charge in [-0.1, -0.05) is 17.7 Å². The fourth-order valence-corrected chi connectivity index (χ4v) is 6.31. The number of aliphatic hydroxyl groups excluding tert-OH is 1. The molecule has 1 aromatic carbocycles. The molecule has 2 bridgehead atoms. The van der Waals surface area contributed by atoms with E-state index in [1.807, 2.05) is 6.08 Å². The van der Waals surface area contributed by atoms with Crippen LogP contribution in [0.5, 0.6) is 11.5 Å². The Morgan fingerprint density at radius 3 is 3.08 bits per heavy atom. The van der Waals surface area contributed by atoms with Gasteiger partial charge in [-0.15, -0.1) is 6.58 Å². The smallest absolute Gasteiger partial charge is 0.165 e. The van der Waals surface area contributed by atoms with E-state index in [-0.39, 0.29) is 17.3 Å². The molecule has 4 aliphatic rings. The number of benzene rings is 1. The van der Waals surface area contributed by atoms with Gasteiger partial charge in [-0.3, -0.25) is 4.90 Å². The highest BCUT2D eigenvalue weighted by atomic mass is 35.5. The van der Waals surface area contributed by atoms with Gasteiger partial charge >= 0.3 is 0 Å². The molecule has 1 aromatic rings. The highest BCUT2D eigenvalue weighted by Crippen LogP contribution is 2.64. The summed E-state index contributed by atoms with van der Waals surface area (Å²) in [7, 11) is 0. The number of piperidine rings is 1. The summed E-state index contributed by atoms with van der Waals surface area (Å²) in [5.41, 5.74) is 2.00. The number of ether oxygens (including phenoxy) is 1. The van der Waals surface area contributed by atoms with Crippen molar-refractivity contribution >= 4 is 11.6 Å². The monoisotopic (exact) mass is 347 g/mol. The van der Waals surface area contributed by atoms with E-state index in [1.165, 1.54) is 0 Å². The van der Waals surface area contributed by atoms with Crippen LogP contribution in [-0.4, -0.2) is 46.5 Å². The van der Waals surface area contributed by atoms with Crippen LogP contribution in [0, 0.1) is 5.92 Å². The van der Waals surface area contributed by atoms with Crippen LogP contribution in [0.25, 0.3) is 0 Å². The first-order valence-electron chi connectivity index (χ1n) is 8.82. The standard InChI is InChI=1S/C19H22ClNO3/c1-2-6-21-7-5-19-11-3-4-14(22)18(19)24-17-15(23)9-12(20)10(16(17)19)8-13(11)21/h2,9,11,13-14,18,22-23H,1,3-8H2/t11-,13?,14-,18-,19?/m0/s1. The van der Waals surface area contributed by atoms with Gasteiger partial charge < -0.3 is 14.9 Å². The molecule has 5 rings (SSSR count). The summed E-state index contributed by atoms with van der Waals surface area (Å²) in [6.45, 7) is 5.75. The number of aromatic hydroxyl groups is 1. The third-order valence-electron chi connectivity index (χ3n) is 6.84. The number of halogens is 1. The third-order valence-corrected chi connectivity index (χ3v) is 7.18. The number of hydrogen-bond acceptors (Lipinski definition) is 4. The van der Waals surface area contributed by atoms with Crippen molar-refractivity contribution in [3.63, 3.8) is 0 Å². The number of hydrogen-bond donors (Lipinski definition) is 2. The van der Waals surface area contributed by atoms with E-state index in [0.717, 1.165) is 49.9 Å². The van der Waals surface area contributed by atoms with Crippen molar-refractivity contribution in [2.45, 2.75) is 49.3 Å². The lowest BCUT2D eigenvalue weighted by Gasteiger charge is -2.59. The van der Waals surface area contributed by atoms with E-state index >= 15 is 0 Å². The van der Waals surface area contributed by atoms with Gasteiger partial charge in [-0.25, -0.2) is 0 Å². The highest BCUT2D eigenvalue weighted by molar-refractivity contribution is 6.31. The number of phenols is 1. The first-order chi connectivity index (χ1) is 11.6. The minimum absolute atomic E-state index is 0.112. The van der Waals surface area contributed by atoms with E-state index in [4.69, 9.17) is 16.3 Å². The molecule has 5 heteroatoms. The van der Waals surface area contributed by atoms with E-state index in [2.05, 4.69) is 11.5 Å². The summed E-state index contributed by atoms with van der Waals surface area (Å²) in [5.74, 6) is 1.12. The van der Waals surface area contributed by atoms with Crippen molar-refractivity contribution in [1.82, 2.24) is 4.90 Å². The Morgan fingerprint density at radius 2 is 2.29 bits per heavy atom. The van der Waals surface area contributed by atoms with E-state index in [9.17, 15) is 10.2 Å². The minimum Gasteiger partial charge on any atom is -0.504 e. The van der Waals surface area contributed by atoms with Crippen molar-refractivity contribution in [2.75, 3.05) is 13.1 Å². The zero-order valence-corrected chi connectivity index (χ0v) is 14.3. The maximum Gasteiger partial charge on any atom is 0.165 e. The molecule has 24 heavy (non-hydrogen) atoms. The molecular weight excluding hydrogens is 326 g/mol. The van der Waals surface area contributed by atoms with Crippen molar-refractivity contribution in [2.24, 2.45) is 5.92 Å². The average Bonchev–Trinajstić information content (AvgIpc) is 2.90. The van der Waals surface area contributed by atoms with Crippen LogP contribution in [0.4, 0.5) is 0 Å². The van der Waals surface area contributed by atoms with Gasteiger partial charge in [0.15, 0.2) is 11.5 Å². The lowest BCUT2D eigenvalue weighted by atomic mass is 9.51. The van der Waals surface area contributed by atoms with Crippen LogP contribution in [0.3, 0.4) is 0 Å². The number of aliphatic hydroxyl groups is 1. The fraction of sp³-hybridized carbons (Fsp3) is 0.579. The SMILES string of the molecule is C=CCN1CCC23c4c5c(Cl)cc(O)c4O[C@H]2[C@@H](O)CC[C@H]3C1C5. The summed E-state index contributed by atoms with van der Waals surface area (Å²) in [6.07, 6.45) is 4.79.